The van der Waals surface area contributed by atoms with Crippen LogP contribution >= 0.6 is 11.6 Å². The van der Waals surface area contributed by atoms with Gasteiger partial charge in [-0.05, 0) is 37.5 Å². The average molecular weight is 254 g/mol. The quantitative estimate of drug-likeness (QED) is 0.871. The predicted molar refractivity (Wildman–Crippen MR) is 71.7 cm³/mol. The lowest BCUT2D eigenvalue weighted by molar-refractivity contribution is 0.287. The van der Waals surface area contributed by atoms with E-state index in [-0.39, 0.29) is 5.54 Å². The number of methoxy groups -OCH3 is 1. The number of hydrogen-bond donors (Lipinski definition) is 1. The molecule has 0 aromatic heterocycles. The molecule has 0 aliphatic heterocycles. The van der Waals surface area contributed by atoms with Gasteiger partial charge in [-0.2, -0.15) is 0 Å². The van der Waals surface area contributed by atoms with Crippen LogP contribution in [0.5, 0.6) is 5.75 Å². The van der Waals surface area contributed by atoms with Crippen LogP contribution in [0.2, 0.25) is 5.02 Å². The molecule has 0 amide bonds. The van der Waals surface area contributed by atoms with Crippen molar-refractivity contribution in [1.29, 1.82) is 0 Å². The summed E-state index contributed by atoms with van der Waals surface area (Å²) >= 11 is 6.21. The van der Waals surface area contributed by atoms with Crippen molar-refractivity contribution in [2.45, 2.75) is 44.6 Å². The van der Waals surface area contributed by atoms with Crippen LogP contribution in [-0.4, -0.2) is 7.11 Å². The third kappa shape index (κ3) is 2.29. The molecule has 0 unspecified atom stereocenters. The summed E-state index contributed by atoms with van der Waals surface area (Å²) in [5, 5.41) is 0.774. The average Bonchev–Trinajstić information content (AvgIpc) is 2.33. The van der Waals surface area contributed by atoms with Crippen molar-refractivity contribution in [2.24, 2.45) is 5.73 Å². The molecule has 17 heavy (non-hydrogen) atoms. The molecule has 0 radical (unpaired) electrons. The van der Waals surface area contributed by atoms with Crippen LogP contribution in [0.25, 0.3) is 0 Å². The Morgan fingerprint density at radius 2 is 1.88 bits per heavy atom. The minimum atomic E-state index is -0.265. The number of ether oxygens (including phenoxy) is 1. The summed E-state index contributed by atoms with van der Waals surface area (Å²) in [7, 11) is 1.69. The van der Waals surface area contributed by atoms with E-state index in [1.807, 2.05) is 19.1 Å². The Kier molecular flexibility index (Phi) is 3.64. The second-order valence-electron chi connectivity index (χ2n) is 4.97. The van der Waals surface area contributed by atoms with E-state index < -0.39 is 0 Å². The molecule has 0 atom stereocenters. The SMILES string of the molecule is COc1ccc(Cl)c(C)c1C1(N)CCCCC1. The van der Waals surface area contributed by atoms with E-state index in [2.05, 4.69) is 0 Å². The minimum Gasteiger partial charge on any atom is -0.496 e. The van der Waals surface area contributed by atoms with E-state index in [0.717, 1.165) is 34.7 Å². The number of hydrogen-bond acceptors (Lipinski definition) is 2. The molecule has 0 saturated heterocycles. The number of nitrogens with two attached hydrogens (primary N) is 1. The number of benzene rings is 1. The summed E-state index contributed by atoms with van der Waals surface area (Å²) in [5.41, 5.74) is 8.49. The first-order chi connectivity index (χ1) is 8.08. The first kappa shape index (κ1) is 12.7. The van der Waals surface area contributed by atoms with Gasteiger partial charge in [0.15, 0.2) is 0 Å². The maximum Gasteiger partial charge on any atom is 0.124 e. The highest BCUT2D eigenvalue weighted by molar-refractivity contribution is 6.31. The van der Waals surface area contributed by atoms with Crippen molar-refractivity contribution in [3.63, 3.8) is 0 Å². The normalized spacial score (nSPS) is 19.1. The Bertz CT molecular complexity index is 411. The third-order valence-electron chi connectivity index (χ3n) is 3.82. The molecule has 2 rings (SSSR count). The Morgan fingerprint density at radius 3 is 2.47 bits per heavy atom. The zero-order valence-electron chi connectivity index (χ0n) is 10.6. The lowest BCUT2D eigenvalue weighted by atomic mass is 9.75. The highest BCUT2D eigenvalue weighted by Gasteiger charge is 2.34. The molecule has 1 aliphatic carbocycles. The molecule has 94 valence electrons. The largest absolute Gasteiger partial charge is 0.496 e. The van der Waals surface area contributed by atoms with E-state index in [1.165, 1.54) is 19.3 Å². The molecule has 2 N–H and O–H groups in total. The van der Waals surface area contributed by atoms with Crippen molar-refractivity contribution in [3.8, 4) is 5.75 Å². The van der Waals surface area contributed by atoms with Crippen molar-refractivity contribution in [3.05, 3.63) is 28.3 Å². The maximum atomic E-state index is 6.59. The highest BCUT2D eigenvalue weighted by atomic mass is 35.5. The molecule has 3 heteroatoms. The smallest absolute Gasteiger partial charge is 0.124 e. The van der Waals surface area contributed by atoms with Gasteiger partial charge in [0.25, 0.3) is 0 Å². The molecule has 1 aromatic carbocycles. The Morgan fingerprint density at radius 1 is 1.24 bits per heavy atom. The summed E-state index contributed by atoms with van der Waals surface area (Å²) in [6, 6.07) is 3.80. The fourth-order valence-corrected chi connectivity index (χ4v) is 3.04. The lowest BCUT2D eigenvalue weighted by Crippen LogP contribution is -2.39. The summed E-state index contributed by atoms with van der Waals surface area (Å²) in [6.45, 7) is 2.03. The topological polar surface area (TPSA) is 35.2 Å². The van der Waals surface area contributed by atoms with Gasteiger partial charge in [0.2, 0.25) is 0 Å². The van der Waals surface area contributed by atoms with Crippen LogP contribution in [0.3, 0.4) is 0 Å². The second kappa shape index (κ2) is 4.87. The van der Waals surface area contributed by atoms with E-state index in [9.17, 15) is 0 Å². The van der Waals surface area contributed by atoms with Crippen LogP contribution in [0, 0.1) is 6.92 Å². The first-order valence-corrected chi connectivity index (χ1v) is 6.59. The summed E-state index contributed by atoms with van der Waals surface area (Å²) < 4.78 is 5.46. The van der Waals surface area contributed by atoms with E-state index in [4.69, 9.17) is 22.1 Å². The monoisotopic (exact) mass is 253 g/mol. The molecular weight excluding hydrogens is 234 g/mol. The van der Waals surface area contributed by atoms with Gasteiger partial charge in [0, 0.05) is 16.1 Å². The number of rotatable bonds is 2. The molecule has 1 fully saturated rings. The molecule has 1 aliphatic rings. The van der Waals surface area contributed by atoms with Gasteiger partial charge in [-0.25, -0.2) is 0 Å². The van der Waals surface area contributed by atoms with E-state index in [0.29, 0.717) is 0 Å². The van der Waals surface area contributed by atoms with E-state index >= 15 is 0 Å². The van der Waals surface area contributed by atoms with Crippen LogP contribution in [-0.2, 0) is 5.54 Å². The minimum absolute atomic E-state index is 0.265. The molecule has 1 saturated carbocycles. The summed E-state index contributed by atoms with van der Waals surface area (Å²) in [4.78, 5) is 0. The van der Waals surface area contributed by atoms with E-state index in [1.54, 1.807) is 7.11 Å². The van der Waals surface area contributed by atoms with Crippen molar-refractivity contribution >= 4 is 11.6 Å². The van der Waals surface area contributed by atoms with Gasteiger partial charge >= 0.3 is 0 Å². The van der Waals surface area contributed by atoms with Crippen molar-refractivity contribution in [2.75, 3.05) is 7.11 Å². The second-order valence-corrected chi connectivity index (χ2v) is 5.37. The Balaban J connectivity index is 2.51. The molecular formula is C14H20ClNO. The fraction of sp³-hybridized carbons (Fsp3) is 0.571. The van der Waals surface area contributed by atoms with Crippen LogP contribution in [0.4, 0.5) is 0 Å². The van der Waals surface area contributed by atoms with Crippen molar-refractivity contribution < 1.29 is 4.74 Å². The molecule has 1 aromatic rings. The molecule has 0 spiro atoms. The van der Waals surface area contributed by atoms with Crippen molar-refractivity contribution in [1.82, 2.24) is 0 Å². The zero-order chi connectivity index (χ0) is 12.5. The molecule has 0 heterocycles. The van der Waals surface area contributed by atoms with Gasteiger partial charge < -0.3 is 10.5 Å². The van der Waals surface area contributed by atoms with Crippen LogP contribution < -0.4 is 10.5 Å². The molecule has 2 nitrogen and oxygen atoms in total. The van der Waals surface area contributed by atoms with Gasteiger partial charge in [0.1, 0.15) is 5.75 Å². The summed E-state index contributed by atoms with van der Waals surface area (Å²) in [5.74, 6) is 0.872. The maximum absolute atomic E-state index is 6.59. The van der Waals surface area contributed by atoms with Gasteiger partial charge in [-0.1, -0.05) is 30.9 Å². The zero-order valence-corrected chi connectivity index (χ0v) is 11.3. The number of halogens is 1. The first-order valence-electron chi connectivity index (χ1n) is 6.21. The Hall–Kier alpha value is -0.730. The predicted octanol–water partition coefficient (Wildman–Crippen LogP) is 3.78. The van der Waals surface area contributed by atoms with Gasteiger partial charge in [0.05, 0.1) is 7.11 Å². The Labute approximate surface area is 108 Å². The molecule has 0 bridgehead atoms. The third-order valence-corrected chi connectivity index (χ3v) is 4.23. The van der Waals surface area contributed by atoms with Crippen LogP contribution in [0.15, 0.2) is 12.1 Å². The van der Waals surface area contributed by atoms with Crippen LogP contribution in [0.1, 0.15) is 43.2 Å². The standard InChI is InChI=1S/C14H20ClNO/c1-10-11(15)6-7-12(17-2)13(10)14(16)8-4-3-5-9-14/h6-7H,3-5,8-9,16H2,1-2H3. The lowest BCUT2D eigenvalue weighted by Gasteiger charge is -2.36. The highest BCUT2D eigenvalue weighted by Crippen LogP contribution is 2.42. The van der Waals surface area contributed by atoms with Gasteiger partial charge in [-0.15, -0.1) is 0 Å². The fourth-order valence-electron chi connectivity index (χ4n) is 2.88. The van der Waals surface area contributed by atoms with Gasteiger partial charge in [-0.3, -0.25) is 0 Å². The summed E-state index contributed by atoms with van der Waals surface area (Å²) in [6.07, 6.45) is 5.69.